The maximum absolute atomic E-state index is 12.6. The van der Waals surface area contributed by atoms with Crippen LogP contribution in [0.5, 0.6) is 0 Å². The number of hydrogen-bond donors (Lipinski definition) is 1. The van der Waals surface area contributed by atoms with E-state index in [0.717, 1.165) is 56.7 Å². The van der Waals surface area contributed by atoms with Crippen LogP contribution >= 0.6 is 0 Å². The summed E-state index contributed by atoms with van der Waals surface area (Å²) in [5, 5.41) is 8.08. The monoisotopic (exact) mass is 313 g/mol. The molecule has 23 heavy (non-hydrogen) atoms. The molecule has 0 unspecified atom stereocenters. The Labute approximate surface area is 136 Å². The lowest BCUT2D eigenvalue weighted by Crippen LogP contribution is -2.64. The molecule has 6 nitrogen and oxygen atoms in total. The zero-order valence-electron chi connectivity index (χ0n) is 13.5. The van der Waals surface area contributed by atoms with Crippen LogP contribution in [-0.4, -0.2) is 82.7 Å². The standard InChI is InChI=1S/C17H23N5O/c1-2-20-7-9-21(10-8-20)13-11-22(12-13)17(23)16-14-5-3-4-6-15(14)18-19-16/h3-6,13H,2,7-12H2,1H3,(H,18,19). The maximum atomic E-state index is 12.6. The van der Waals surface area contributed by atoms with E-state index in [1.165, 1.54) is 0 Å². The number of fused-ring (bicyclic) bond motifs is 1. The molecule has 6 heteroatoms. The molecule has 4 rings (SSSR count). The first-order valence-electron chi connectivity index (χ1n) is 8.45. The summed E-state index contributed by atoms with van der Waals surface area (Å²) in [4.78, 5) is 19.6. The fourth-order valence-corrected chi connectivity index (χ4v) is 3.57. The highest BCUT2D eigenvalue weighted by molar-refractivity contribution is 6.04. The van der Waals surface area contributed by atoms with Gasteiger partial charge in [-0.15, -0.1) is 0 Å². The predicted molar refractivity (Wildman–Crippen MR) is 89.5 cm³/mol. The van der Waals surface area contributed by atoms with E-state index in [4.69, 9.17) is 0 Å². The van der Waals surface area contributed by atoms with Gasteiger partial charge < -0.3 is 9.80 Å². The zero-order valence-corrected chi connectivity index (χ0v) is 13.5. The Hall–Kier alpha value is -1.92. The summed E-state index contributed by atoms with van der Waals surface area (Å²) in [5.41, 5.74) is 1.47. The fourth-order valence-electron chi connectivity index (χ4n) is 3.57. The van der Waals surface area contributed by atoms with Crippen LogP contribution in [0, 0.1) is 0 Å². The number of nitrogens with zero attached hydrogens (tertiary/aromatic N) is 4. The van der Waals surface area contributed by atoms with Crippen molar-refractivity contribution < 1.29 is 4.79 Å². The molecule has 2 aliphatic rings. The van der Waals surface area contributed by atoms with E-state index in [2.05, 4.69) is 26.9 Å². The van der Waals surface area contributed by atoms with Gasteiger partial charge in [-0.05, 0) is 12.6 Å². The van der Waals surface area contributed by atoms with Crippen LogP contribution in [-0.2, 0) is 0 Å². The highest BCUT2D eigenvalue weighted by Gasteiger charge is 2.37. The minimum absolute atomic E-state index is 0.0471. The van der Waals surface area contributed by atoms with Gasteiger partial charge in [-0.25, -0.2) is 0 Å². The Morgan fingerprint density at radius 3 is 2.70 bits per heavy atom. The van der Waals surface area contributed by atoms with Gasteiger partial charge in [0, 0.05) is 50.7 Å². The molecule has 0 bridgehead atoms. The van der Waals surface area contributed by atoms with Crippen LogP contribution in [0.2, 0.25) is 0 Å². The average molecular weight is 313 g/mol. The number of likely N-dealkylation sites (N-methyl/N-ethyl adjacent to an activating group) is 1. The van der Waals surface area contributed by atoms with Crippen molar-refractivity contribution in [2.45, 2.75) is 13.0 Å². The molecule has 1 amide bonds. The highest BCUT2D eigenvalue weighted by Crippen LogP contribution is 2.22. The van der Waals surface area contributed by atoms with Gasteiger partial charge in [-0.2, -0.15) is 5.10 Å². The van der Waals surface area contributed by atoms with Crippen LogP contribution in [0.15, 0.2) is 24.3 Å². The Morgan fingerprint density at radius 1 is 1.22 bits per heavy atom. The van der Waals surface area contributed by atoms with Crippen molar-refractivity contribution in [1.29, 1.82) is 0 Å². The van der Waals surface area contributed by atoms with E-state index in [1.807, 2.05) is 29.2 Å². The van der Waals surface area contributed by atoms with Gasteiger partial charge in [-0.1, -0.05) is 25.1 Å². The molecule has 2 saturated heterocycles. The van der Waals surface area contributed by atoms with Crippen molar-refractivity contribution in [1.82, 2.24) is 24.9 Å². The molecule has 2 aliphatic heterocycles. The minimum atomic E-state index is 0.0471. The second-order valence-electron chi connectivity index (χ2n) is 6.45. The molecule has 0 spiro atoms. The second-order valence-corrected chi connectivity index (χ2v) is 6.45. The Bertz CT molecular complexity index is 698. The predicted octanol–water partition coefficient (Wildman–Crippen LogP) is 1.02. The summed E-state index contributed by atoms with van der Waals surface area (Å²) >= 11 is 0. The van der Waals surface area contributed by atoms with E-state index in [0.29, 0.717) is 11.7 Å². The summed E-state index contributed by atoms with van der Waals surface area (Å²) in [6.45, 7) is 9.52. The number of piperazine rings is 1. The van der Waals surface area contributed by atoms with Gasteiger partial charge in [-0.3, -0.25) is 14.8 Å². The normalized spacial score (nSPS) is 20.8. The number of likely N-dealkylation sites (tertiary alicyclic amines) is 1. The SMILES string of the molecule is CCN1CCN(C2CN(C(=O)c3n[nH]c4ccccc34)C2)CC1. The van der Waals surface area contributed by atoms with Crippen LogP contribution in [0.3, 0.4) is 0 Å². The number of benzene rings is 1. The van der Waals surface area contributed by atoms with E-state index < -0.39 is 0 Å². The van der Waals surface area contributed by atoms with Crippen LogP contribution in [0.4, 0.5) is 0 Å². The number of para-hydroxylation sites is 1. The molecule has 0 radical (unpaired) electrons. The van der Waals surface area contributed by atoms with Gasteiger partial charge in [0.15, 0.2) is 5.69 Å². The molecular formula is C17H23N5O. The summed E-state index contributed by atoms with van der Waals surface area (Å²) in [7, 11) is 0. The fraction of sp³-hybridized carbons (Fsp3) is 0.529. The summed E-state index contributed by atoms with van der Waals surface area (Å²) in [6.07, 6.45) is 0. The van der Waals surface area contributed by atoms with Crippen molar-refractivity contribution in [3.05, 3.63) is 30.0 Å². The number of aromatic nitrogens is 2. The molecular weight excluding hydrogens is 290 g/mol. The molecule has 1 N–H and O–H groups in total. The first-order chi connectivity index (χ1) is 11.3. The van der Waals surface area contributed by atoms with Gasteiger partial charge in [0.1, 0.15) is 0 Å². The smallest absolute Gasteiger partial charge is 0.275 e. The molecule has 2 fully saturated rings. The lowest BCUT2D eigenvalue weighted by Gasteiger charge is -2.47. The maximum Gasteiger partial charge on any atom is 0.275 e. The topological polar surface area (TPSA) is 55.5 Å². The molecule has 0 atom stereocenters. The first kappa shape index (κ1) is 14.7. The van der Waals surface area contributed by atoms with E-state index >= 15 is 0 Å². The molecule has 2 aromatic rings. The molecule has 1 aromatic heterocycles. The Morgan fingerprint density at radius 2 is 1.96 bits per heavy atom. The van der Waals surface area contributed by atoms with Crippen molar-refractivity contribution in [3.63, 3.8) is 0 Å². The number of aromatic amines is 1. The average Bonchev–Trinajstić information content (AvgIpc) is 2.98. The largest absolute Gasteiger partial charge is 0.334 e. The van der Waals surface area contributed by atoms with E-state index in [1.54, 1.807) is 0 Å². The quantitative estimate of drug-likeness (QED) is 0.919. The first-order valence-corrected chi connectivity index (χ1v) is 8.45. The minimum Gasteiger partial charge on any atom is -0.334 e. The summed E-state index contributed by atoms with van der Waals surface area (Å²) in [6, 6.07) is 8.31. The van der Waals surface area contributed by atoms with Gasteiger partial charge in [0.2, 0.25) is 0 Å². The zero-order chi connectivity index (χ0) is 15.8. The molecule has 0 saturated carbocycles. The number of rotatable bonds is 3. The number of nitrogens with one attached hydrogen (secondary N) is 1. The Balaban J connectivity index is 1.37. The molecule has 0 aliphatic carbocycles. The third-order valence-corrected chi connectivity index (χ3v) is 5.19. The number of hydrogen-bond acceptors (Lipinski definition) is 4. The summed E-state index contributed by atoms with van der Waals surface area (Å²) in [5.74, 6) is 0.0471. The van der Waals surface area contributed by atoms with Gasteiger partial charge in [0.05, 0.1) is 5.52 Å². The van der Waals surface area contributed by atoms with Gasteiger partial charge in [0.25, 0.3) is 5.91 Å². The number of amides is 1. The van der Waals surface area contributed by atoms with Crippen molar-refractivity contribution in [3.8, 4) is 0 Å². The van der Waals surface area contributed by atoms with Crippen molar-refractivity contribution >= 4 is 16.8 Å². The summed E-state index contributed by atoms with van der Waals surface area (Å²) < 4.78 is 0. The number of carbonyl (C=O) groups excluding carboxylic acids is 1. The van der Waals surface area contributed by atoms with Crippen LogP contribution in [0.25, 0.3) is 10.9 Å². The van der Waals surface area contributed by atoms with Gasteiger partial charge >= 0.3 is 0 Å². The van der Waals surface area contributed by atoms with E-state index in [9.17, 15) is 4.79 Å². The lowest BCUT2D eigenvalue weighted by molar-refractivity contribution is 0.00818. The van der Waals surface area contributed by atoms with Crippen LogP contribution in [0.1, 0.15) is 17.4 Å². The molecule has 122 valence electrons. The highest BCUT2D eigenvalue weighted by atomic mass is 16.2. The number of H-pyrrole nitrogens is 1. The van der Waals surface area contributed by atoms with Crippen LogP contribution < -0.4 is 0 Å². The lowest BCUT2D eigenvalue weighted by atomic mass is 10.0. The Kier molecular flexibility index (Phi) is 3.79. The number of carbonyl (C=O) groups is 1. The van der Waals surface area contributed by atoms with E-state index in [-0.39, 0.29) is 5.91 Å². The third kappa shape index (κ3) is 2.62. The van der Waals surface area contributed by atoms with Crippen molar-refractivity contribution in [2.75, 3.05) is 45.8 Å². The molecule has 1 aromatic carbocycles. The third-order valence-electron chi connectivity index (χ3n) is 5.19. The van der Waals surface area contributed by atoms with Crippen molar-refractivity contribution in [2.24, 2.45) is 0 Å². The second kappa shape index (κ2) is 5.94. The molecule has 3 heterocycles.